The summed E-state index contributed by atoms with van der Waals surface area (Å²) in [5.41, 5.74) is 1.89. The van der Waals surface area contributed by atoms with E-state index in [0.29, 0.717) is 23.4 Å². The number of fused-ring (bicyclic) bond motifs is 2. The van der Waals surface area contributed by atoms with Gasteiger partial charge in [-0.15, -0.1) is 0 Å². The van der Waals surface area contributed by atoms with E-state index >= 15 is 0 Å². The van der Waals surface area contributed by atoms with Crippen LogP contribution >= 0.6 is 0 Å². The maximum Gasteiger partial charge on any atom is 0.230 e. The summed E-state index contributed by atoms with van der Waals surface area (Å²) >= 11 is 0. The van der Waals surface area contributed by atoms with Gasteiger partial charge in [-0.1, -0.05) is 12.1 Å². The Morgan fingerprint density at radius 1 is 1.08 bits per heavy atom. The topological polar surface area (TPSA) is 64.1 Å². The first kappa shape index (κ1) is 14.6. The molecule has 6 heteroatoms. The molecule has 0 bridgehead atoms. The van der Waals surface area contributed by atoms with Crippen LogP contribution in [0.4, 0.5) is 10.1 Å². The Morgan fingerprint density at radius 3 is 2.88 bits per heavy atom. The molecule has 1 amide bonds. The Balaban J connectivity index is 1.79. The fourth-order valence-corrected chi connectivity index (χ4v) is 2.89. The molecule has 4 rings (SSSR count). The molecular weight excluding hydrogens is 309 g/mol. The van der Waals surface area contributed by atoms with E-state index in [2.05, 4.69) is 15.3 Å². The summed E-state index contributed by atoms with van der Waals surface area (Å²) < 4.78 is 19.8. The van der Waals surface area contributed by atoms with Gasteiger partial charge in [0.1, 0.15) is 23.4 Å². The first-order chi connectivity index (χ1) is 11.7. The van der Waals surface area contributed by atoms with Crippen LogP contribution in [-0.2, 0) is 11.2 Å². The zero-order valence-electron chi connectivity index (χ0n) is 12.8. The molecule has 1 N–H and O–H groups in total. The highest BCUT2D eigenvalue weighted by molar-refractivity contribution is 5.92. The van der Waals surface area contributed by atoms with Crippen molar-refractivity contribution in [1.29, 1.82) is 0 Å². The molecule has 2 aromatic carbocycles. The predicted octanol–water partition coefficient (Wildman–Crippen LogP) is 3.84. The summed E-state index contributed by atoms with van der Waals surface area (Å²) in [4.78, 5) is 19.8. The van der Waals surface area contributed by atoms with Crippen molar-refractivity contribution in [2.24, 2.45) is 0 Å². The summed E-state index contributed by atoms with van der Waals surface area (Å²) in [6, 6.07) is 10.1. The number of nitrogens with one attached hydrogen (secondary N) is 1. The van der Waals surface area contributed by atoms with Crippen molar-refractivity contribution in [2.45, 2.75) is 19.3 Å². The van der Waals surface area contributed by atoms with Gasteiger partial charge in [0, 0.05) is 17.7 Å². The molecule has 0 saturated heterocycles. The minimum absolute atomic E-state index is 0.000423. The number of benzene rings is 2. The zero-order chi connectivity index (χ0) is 16.5. The van der Waals surface area contributed by atoms with Crippen molar-refractivity contribution in [3.05, 3.63) is 54.1 Å². The third-order valence-corrected chi connectivity index (χ3v) is 4.02. The summed E-state index contributed by atoms with van der Waals surface area (Å²) in [5, 5.41) is 3.39. The Hall–Kier alpha value is -3.02. The summed E-state index contributed by atoms with van der Waals surface area (Å²) in [5.74, 6) is 0.488. The van der Waals surface area contributed by atoms with Gasteiger partial charge in [-0.2, -0.15) is 0 Å². The molecule has 0 fully saturated rings. The molecule has 1 aliphatic rings. The van der Waals surface area contributed by atoms with E-state index in [-0.39, 0.29) is 11.4 Å². The number of halogens is 1. The van der Waals surface area contributed by atoms with E-state index in [1.807, 2.05) is 18.2 Å². The van der Waals surface area contributed by atoms with Gasteiger partial charge in [0.15, 0.2) is 0 Å². The zero-order valence-corrected chi connectivity index (χ0v) is 12.8. The minimum Gasteiger partial charge on any atom is -0.438 e. The molecule has 0 atom stereocenters. The second-order valence-electron chi connectivity index (χ2n) is 5.60. The van der Waals surface area contributed by atoms with Crippen molar-refractivity contribution < 1.29 is 13.9 Å². The maximum atomic E-state index is 13.9. The van der Waals surface area contributed by atoms with Crippen LogP contribution < -0.4 is 10.1 Å². The number of anilines is 1. The van der Waals surface area contributed by atoms with Gasteiger partial charge in [0.2, 0.25) is 11.8 Å². The highest BCUT2D eigenvalue weighted by Gasteiger charge is 2.18. The van der Waals surface area contributed by atoms with Crippen LogP contribution in [0.2, 0.25) is 0 Å². The number of aromatic nitrogens is 2. The number of rotatable bonds is 2. The average molecular weight is 323 g/mol. The lowest BCUT2D eigenvalue weighted by atomic mass is 10.1. The second kappa shape index (κ2) is 5.88. The predicted molar refractivity (Wildman–Crippen MR) is 87.6 cm³/mol. The Morgan fingerprint density at radius 2 is 1.96 bits per heavy atom. The van der Waals surface area contributed by atoms with Gasteiger partial charge in [-0.05, 0) is 37.1 Å². The highest BCUT2D eigenvalue weighted by atomic mass is 19.1. The Bertz CT molecular complexity index is 943. The molecular formula is C18H14FN3O2. The normalized spacial score (nSPS) is 14.0. The molecule has 1 aliphatic heterocycles. The van der Waals surface area contributed by atoms with E-state index in [4.69, 9.17) is 4.74 Å². The molecule has 0 aliphatic carbocycles. The van der Waals surface area contributed by atoms with E-state index in [9.17, 15) is 9.18 Å². The van der Waals surface area contributed by atoms with Crippen LogP contribution in [0.5, 0.6) is 11.6 Å². The summed E-state index contributed by atoms with van der Waals surface area (Å²) in [6.07, 6.45) is 3.24. The lowest BCUT2D eigenvalue weighted by molar-refractivity contribution is -0.116. The fraction of sp³-hybridized carbons (Fsp3) is 0.167. The smallest absolute Gasteiger partial charge is 0.230 e. The molecule has 2 heterocycles. The molecule has 3 aromatic rings. The number of nitrogens with zero attached hydrogens (tertiary/aromatic N) is 2. The first-order valence-corrected chi connectivity index (χ1v) is 7.71. The second-order valence-corrected chi connectivity index (χ2v) is 5.60. The Labute approximate surface area is 137 Å². The van der Waals surface area contributed by atoms with Gasteiger partial charge in [-0.3, -0.25) is 4.79 Å². The molecule has 120 valence electrons. The molecule has 0 spiro atoms. The standard InChI is InChI=1S/C18H14FN3O2/c19-13-6-1-5-12-17(13)20-10-21-18(12)24-15-8-3-7-14-11(15)4-2-9-16(23)22-14/h1,3,5-8,10H,2,4,9H2,(H,22,23). The van der Waals surface area contributed by atoms with Gasteiger partial charge < -0.3 is 10.1 Å². The van der Waals surface area contributed by atoms with Gasteiger partial charge in [0.05, 0.1) is 5.39 Å². The lowest BCUT2D eigenvalue weighted by Crippen LogP contribution is -2.09. The van der Waals surface area contributed by atoms with Crippen LogP contribution in [0.15, 0.2) is 42.7 Å². The number of hydrogen-bond donors (Lipinski definition) is 1. The fourth-order valence-electron chi connectivity index (χ4n) is 2.89. The summed E-state index contributed by atoms with van der Waals surface area (Å²) in [7, 11) is 0. The van der Waals surface area contributed by atoms with Crippen LogP contribution in [0, 0.1) is 5.82 Å². The molecule has 1 aromatic heterocycles. The minimum atomic E-state index is -0.418. The van der Waals surface area contributed by atoms with Gasteiger partial charge >= 0.3 is 0 Å². The third kappa shape index (κ3) is 2.56. The van der Waals surface area contributed by atoms with Crippen molar-refractivity contribution >= 4 is 22.5 Å². The van der Waals surface area contributed by atoms with Crippen molar-refractivity contribution in [3.8, 4) is 11.6 Å². The molecule has 0 radical (unpaired) electrons. The molecule has 24 heavy (non-hydrogen) atoms. The lowest BCUT2D eigenvalue weighted by Gasteiger charge is -2.13. The third-order valence-electron chi connectivity index (χ3n) is 4.02. The molecule has 5 nitrogen and oxygen atoms in total. The largest absolute Gasteiger partial charge is 0.438 e. The number of amides is 1. The van der Waals surface area contributed by atoms with Crippen molar-refractivity contribution in [1.82, 2.24) is 9.97 Å². The number of para-hydroxylation sites is 1. The number of carbonyl (C=O) groups excluding carboxylic acids is 1. The Kier molecular flexibility index (Phi) is 3.57. The molecule has 0 saturated carbocycles. The number of carbonyl (C=O) groups is 1. The van der Waals surface area contributed by atoms with Crippen molar-refractivity contribution in [2.75, 3.05) is 5.32 Å². The quantitative estimate of drug-likeness (QED) is 0.778. The van der Waals surface area contributed by atoms with Crippen molar-refractivity contribution in [3.63, 3.8) is 0 Å². The van der Waals surface area contributed by atoms with Crippen LogP contribution in [0.3, 0.4) is 0 Å². The maximum absolute atomic E-state index is 13.9. The van der Waals surface area contributed by atoms with E-state index < -0.39 is 5.82 Å². The number of hydrogen-bond acceptors (Lipinski definition) is 4. The monoisotopic (exact) mass is 323 g/mol. The van der Waals surface area contributed by atoms with E-state index in [1.165, 1.54) is 12.4 Å². The van der Waals surface area contributed by atoms with Gasteiger partial charge in [-0.25, -0.2) is 14.4 Å². The average Bonchev–Trinajstić information content (AvgIpc) is 2.77. The SMILES string of the molecule is O=C1CCCc2c(cccc2Oc2ncnc3c(F)cccc23)N1. The van der Waals surface area contributed by atoms with E-state index in [1.54, 1.807) is 12.1 Å². The van der Waals surface area contributed by atoms with Crippen LogP contribution in [-0.4, -0.2) is 15.9 Å². The van der Waals surface area contributed by atoms with Gasteiger partial charge in [0.25, 0.3) is 0 Å². The van der Waals surface area contributed by atoms with E-state index in [0.717, 1.165) is 24.1 Å². The summed E-state index contributed by atoms with van der Waals surface area (Å²) in [6.45, 7) is 0. The molecule has 0 unspecified atom stereocenters. The first-order valence-electron chi connectivity index (χ1n) is 7.71. The van der Waals surface area contributed by atoms with Crippen LogP contribution in [0.1, 0.15) is 18.4 Å². The van der Waals surface area contributed by atoms with Crippen LogP contribution in [0.25, 0.3) is 10.9 Å². The number of ether oxygens (including phenoxy) is 1. The highest BCUT2D eigenvalue weighted by Crippen LogP contribution is 2.35.